The van der Waals surface area contributed by atoms with Gasteiger partial charge in [-0.05, 0) is 5.56 Å². The van der Waals surface area contributed by atoms with E-state index in [0.29, 0.717) is 0 Å². The number of ether oxygens (including phenoxy) is 1. The molecule has 26 heavy (non-hydrogen) atoms. The van der Waals surface area contributed by atoms with E-state index in [4.69, 9.17) is 5.73 Å². The van der Waals surface area contributed by atoms with Gasteiger partial charge in [0.1, 0.15) is 12.1 Å². The lowest BCUT2D eigenvalue weighted by molar-refractivity contribution is -0.142. The smallest absolute Gasteiger partial charge is 0.330 e. The molecule has 9 nitrogen and oxygen atoms in total. The zero-order valence-electron chi connectivity index (χ0n) is 14.2. The Labute approximate surface area is 150 Å². The van der Waals surface area contributed by atoms with Gasteiger partial charge in [-0.1, -0.05) is 30.3 Å². The SMILES string of the molecule is COC(=O)/C=C/C(=O)NC[C@@H](N)C(=O)N[C@@H](Cc1ccccc1)C(=O)O. The number of nitrogens with two attached hydrogens (primary N) is 1. The zero-order valence-corrected chi connectivity index (χ0v) is 14.2. The molecule has 0 aromatic heterocycles. The first-order valence-corrected chi connectivity index (χ1v) is 7.70. The molecule has 0 saturated heterocycles. The Balaban J connectivity index is 2.52. The Kier molecular flexibility index (Phi) is 8.51. The van der Waals surface area contributed by atoms with Gasteiger partial charge in [0.05, 0.1) is 7.11 Å². The normalized spacial score (nSPS) is 12.8. The van der Waals surface area contributed by atoms with Gasteiger partial charge in [-0.15, -0.1) is 0 Å². The standard InChI is InChI=1S/C17H21N3O6/c1-26-15(22)8-7-14(21)19-10-12(18)16(23)20-13(17(24)25)9-11-5-3-2-4-6-11/h2-8,12-13H,9-10,18H2,1H3,(H,19,21)(H,20,23)(H,24,25)/b8-7+/t12-,13+/m1/s1. The van der Waals surface area contributed by atoms with Gasteiger partial charge in [-0.2, -0.15) is 0 Å². The number of rotatable bonds is 9. The lowest BCUT2D eigenvalue weighted by Gasteiger charge is -2.18. The molecule has 5 N–H and O–H groups in total. The molecule has 2 atom stereocenters. The van der Waals surface area contributed by atoms with Crippen LogP contribution in [0.25, 0.3) is 0 Å². The monoisotopic (exact) mass is 363 g/mol. The molecule has 2 amide bonds. The third-order valence-electron chi connectivity index (χ3n) is 3.30. The number of amides is 2. The number of esters is 1. The average Bonchev–Trinajstić information content (AvgIpc) is 2.64. The van der Waals surface area contributed by atoms with Crippen molar-refractivity contribution < 1.29 is 29.0 Å². The van der Waals surface area contributed by atoms with Crippen LogP contribution in [-0.2, 0) is 30.3 Å². The highest BCUT2D eigenvalue weighted by atomic mass is 16.5. The van der Waals surface area contributed by atoms with Crippen molar-refractivity contribution in [3.8, 4) is 0 Å². The summed E-state index contributed by atoms with van der Waals surface area (Å²) in [6, 6.07) is 6.52. The molecule has 0 spiro atoms. The molecule has 1 aromatic carbocycles. The summed E-state index contributed by atoms with van der Waals surface area (Å²) >= 11 is 0. The summed E-state index contributed by atoms with van der Waals surface area (Å²) in [5.74, 6) is -3.25. The number of hydrogen-bond acceptors (Lipinski definition) is 6. The first kappa shape index (κ1) is 20.8. The fourth-order valence-electron chi connectivity index (χ4n) is 1.90. The van der Waals surface area contributed by atoms with Crippen LogP contribution < -0.4 is 16.4 Å². The number of methoxy groups -OCH3 is 1. The van der Waals surface area contributed by atoms with Crippen LogP contribution in [0.15, 0.2) is 42.5 Å². The van der Waals surface area contributed by atoms with E-state index in [2.05, 4.69) is 15.4 Å². The molecule has 0 aliphatic heterocycles. The van der Waals surface area contributed by atoms with E-state index < -0.39 is 35.8 Å². The van der Waals surface area contributed by atoms with Crippen molar-refractivity contribution in [2.75, 3.05) is 13.7 Å². The molecule has 140 valence electrons. The molecule has 0 fully saturated rings. The van der Waals surface area contributed by atoms with Crippen molar-refractivity contribution in [1.82, 2.24) is 10.6 Å². The summed E-state index contributed by atoms with van der Waals surface area (Å²) in [5, 5.41) is 13.9. The molecular weight excluding hydrogens is 342 g/mol. The van der Waals surface area contributed by atoms with Crippen LogP contribution in [0.2, 0.25) is 0 Å². The second-order valence-corrected chi connectivity index (χ2v) is 5.30. The lowest BCUT2D eigenvalue weighted by Crippen LogP contribution is -2.52. The van der Waals surface area contributed by atoms with Crippen LogP contribution in [0.5, 0.6) is 0 Å². The number of benzene rings is 1. The minimum atomic E-state index is -1.19. The Morgan fingerprint density at radius 3 is 2.42 bits per heavy atom. The molecule has 0 aliphatic carbocycles. The summed E-state index contributed by atoms with van der Waals surface area (Å²) in [6.07, 6.45) is 1.95. The van der Waals surface area contributed by atoms with E-state index in [0.717, 1.165) is 17.7 Å². The van der Waals surface area contributed by atoms with E-state index in [1.54, 1.807) is 30.3 Å². The van der Waals surface area contributed by atoms with Crippen molar-refractivity contribution in [3.63, 3.8) is 0 Å². The van der Waals surface area contributed by atoms with Crippen LogP contribution in [0.1, 0.15) is 5.56 Å². The van der Waals surface area contributed by atoms with E-state index in [-0.39, 0.29) is 13.0 Å². The Hall–Kier alpha value is -3.20. The molecular formula is C17H21N3O6. The van der Waals surface area contributed by atoms with E-state index in [1.165, 1.54) is 7.11 Å². The highest BCUT2D eigenvalue weighted by Gasteiger charge is 2.23. The number of nitrogens with one attached hydrogen (secondary N) is 2. The maximum atomic E-state index is 12.0. The largest absolute Gasteiger partial charge is 0.480 e. The first-order chi connectivity index (χ1) is 12.3. The summed E-state index contributed by atoms with van der Waals surface area (Å²) in [7, 11) is 1.17. The van der Waals surface area contributed by atoms with Gasteiger partial charge in [0, 0.05) is 25.1 Å². The number of carboxylic acid groups (broad SMARTS) is 1. The minimum Gasteiger partial charge on any atom is -0.480 e. The maximum Gasteiger partial charge on any atom is 0.330 e. The summed E-state index contributed by atoms with van der Waals surface area (Å²) < 4.78 is 4.33. The van der Waals surface area contributed by atoms with Crippen molar-refractivity contribution in [3.05, 3.63) is 48.0 Å². The fraction of sp³-hybridized carbons (Fsp3) is 0.294. The third kappa shape index (κ3) is 7.58. The first-order valence-electron chi connectivity index (χ1n) is 7.70. The van der Waals surface area contributed by atoms with Gasteiger partial charge in [0.15, 0.2) is 0 Å². The number of carbonyl (C=O) groups excluding carboxylic acids is 3. The van der Waals surface area contributed by atoms with Crippen molar-refractivity contribution in [2.24, 2.45) is 5.73 Å². The van der Waals surface area contributed by atoms with Crippen molar-refractivity contribution in [1.29, 1.82) is 0 Å². The van der Waals surface area contributed by atoms with Gasteiger partial charge in [0.2, 0.25) is 11.8 Å². The number of hydrogen-bond donors (Lipinski definition) is 4. The summed E-state index contributed by atoms with van der Waals surface area (Å²) in [6.45, 7) is -0.228. The second kappa shape index (κ2) is 10.6. The molecule has 0 aliphatic rings. The Morgan fingerprint density at radius 2 is 1.85 bits per heavy atom. The molecule has 1 rings (SSSR count). The van der Waals surface area contributed by atoms with Crippen molar-refractivity contribution in [2.45, 2.75) is 18.5 Å². The zero-order chi connectivity index (χ0) is 19.5. The van der Waals surface area contributed by atoms with E-state index in [1.807, 2.05) is 0 Å². The Morgan fingerprint density at radius 1 is 1.19 bits per heavy atom. The molecule has 0 saturated carbocycles. The predicted molar refractivity (Wildman–Crippen MR) is 91.9 cm³/mol. The average molecular weight is 363 g/mol. The van der Waals surface area contributed by atoms with E-state index >= 15 is 0 Å². The molecule has 0 bridgehead atoms. The lowest BCUT2D eigenvalue weighted by atomic mass is 10.1. The Bertz CT molecular complexity index is 674. The minimum absolute atomic E-state index is 0.100. The predicted octanol–water partition coefficient (Wildman–Crippen LogP) is -1.03. The third-order valence-corrected chi connectivity index (χ3v) is 3.30. The van der Waals surface area contributed by atoms with Crippen LogP contribution in [0.3, 0.4) is 0 Å². The number of carboxylic acids is 1. The molecule has 0 heterocycles. The van der Waals surface area contributed by atoms with Gasteiger partial charge in [-0.25, -0.2) is 9.59 Å². The number of carbonyl (C=O) groups is 4. The van der Waals surface area contributed by atoms with Gasteiger partial charge in [-0.3, -0.25) is 9.59 Å². The second-order valence-electron chi connectivity index (χ2n) is 5.30. The van der Waals surface area contributed by atoms with Gasteiger partial charge >= 0.3 is 11.9 Å². The van der Waals surface area contributed by atoms with Crippen LogP contribution >= 0.6 is 0 Å². The van der Waals surface area contributed by atoms with Crippen molar-refractivity contribution >= 4 is 23.8 Å². The molecule has 0 unspecified atom stereocenters. The maximum absolute atomic E-state index is 12.0. The van der Waals surface area contributed by atoms with Crippen LogP contribution in [-0.4, -0.2) is 54.6 Å². The molecule has 0 radical (unpaired) electrons. The van der Waals surface area contributed by atoms with Gasteiger partial charge in [0.25, 0.3) is 0 Å². The van der Waals surface area contributed by atoms with E-state index in [9.17, 15) is 24.3 Å². The van der Waals surface area contributed by atoms with Crippen LogP contribution in [0, 0.1) is 0 Å². The fourth-order valence-corrected chi connectivity index (χ4v) is 1.90. The highest BCUT2D eigenvalue weighted by molar-refractivity contribution is 5.95. The quantitative estimate of drug-likeness (QED) is 0.324. The van der Waals surface area contributed by atoms with Crippen LogP contribution in [0.4, 0.5) is 0 Å². The number of aliphatic carboxylic acids is 1. The summed E-state index contributed by atoms with van der Waals surface area (Å²) in [5.41, 5.74) is 6.40. The highest BCUT2D eigenvalue weighted by Crippen LogP contribution is 2.03. The van der Waals surface area contributed by atoms with Gasteiger partial charge < -0.3 is 26.2 Å². The molecule has 9 heteroatoms. The topological polar surface area (TPSA) is 148 Å². The summed E-state index contributed by atoms with van der Waals surface area (Å²) in [4.78, 5) is 45.7. The molecule has 1 aromatic rings.